The summed E-state index contributed by atoms with van der Waals surface area (Å²) in [7, 11) is 1.31. The molecule has 0 saturated carbocycles. The summed E-state index contributed by atoms with van der Waals surface area (Å²) >= 11 is 0. The van der Waals surface area contributed by atoms with Gasteiger partial charge in [-0.2, -0.15) is 0 Å². The van der Waals surface area contributed by atoms with Gasteiger partial charge in [0.25, 0.3) is 0 Å². The highest BCUT2D eigenvalue weighted by Gasteiger charge is 2.00. The van der Waals surface area contributed by atoms with E-state index in [1.54, 1.807) is 18.2 Å². The van der Waals surface area contributed by atoms with Crippen molar-refractivity contribution >= 4 is 12.0 Å². The van der Waals surface area contributed by atoms with E-state index >= 15 is 0 Å². The molecule has 0 bridgehead atoms. The lowest BCUT2D eigenvalue weighted by atomic mass is 10.2. The molecule has 0 aliphatic heterocycles. The SMILES string of the molecule is COC(=O)COc1ccc(C=CCN=[N+]=[N-])cc1. The molecular formula is C12H13N3O3. The van der Waals surface area contributed by atoms with Crippen molar-refractivity contribution in [3.05, 3.63) is 46.3 Å². The number of azide groups is 1. The van der Waals surface area contributed by atoms with Crippen molar-refractivity contribution in [3.63, 3.8) is 0 Å². The zero-order valence-corrected chi connectivity index (χ0v) is 9.94. The Hall–Kier alpha value is -2.46. The molecule has 0 heterocycles. The van der Waals surface area contributed by atoms with E-state index in [-0.39, 0.29) is 6.61 Å². The predicted octanol–water partition coefficient (Wildman–Crippen LogP) is 2.56. The Balaban J connectivity index is 2.49. The highest BCUT2D eigenvalue weighted by atomic mass is 16.6. The average Bonchev–Trinajstić information content (AvgIpc) is 2.42. The largest absolute Gasteiger partial charge is 0.482 e. The zero-order valence-electron chi connectivity index (χ0n) is 9.94. The lowest BCUT2D eigenvalue weighted by Gasteiger charge is -2.04. The topological polar surface area (TPSA) is 84.3 Å². The van der Waals surface area contributed by atoms with Crippen molar-refractivity contribution in [1.82, 2.24) is 0 Å². The summed E-state index contributed by atoms with van der Waals surface area (Å²) in [6, 6.07) is 7.16. The number of esters is 1. The zero-order chi connectivity index (χ0) is 13.2. The summed E-state index contributed by atoms with van der Waals surface area (Å²) in [5.41, 5.74) is 9.05. The van der Waals surface area contributed by atoms with Gasteiger partial charge in [-0.05, 0) is 23.2 Å². The molecule has 1 aromatic carbocycles. The van der Waals surface area contributed by atoms with Crippen LogP contribution in [-0.2, 0) is 9.53 Å². The van der Waals surface area contributed by atoms with Crippen molar-refractivity contribution < 1.29 is 14.3 Å². The van der Waals surface area contributed by atoms with Crippen LogP contribution in [0.3, 0.4) is 0 Å². The fourth-order valence-corrected chi connectivity index (χ4v) is 1.15. The van der Waals surface area contributed by atoms with E-state index in [1.807, 2.05) is 18.2 Å². The third-order valence-electron chi connectivity index (χ3n) is 2.03. The smallest absolute Gasteiger partial charge is 0.343 e. The van der Waals surface area contributed by atoms with Gasteiger partial charge in [0.1, 0.15) is 5.75 Å². The van der Waals surface area contributed by atoms with Crippen LogP contribution < -0.4 is 4.74 Å². The minimum Gasteiger partial charge on any atom is -0.482 e. The number of rotatable bonds is 6. The van der Waals surface area contributed by atoms with Gasteiger partial charge < -0.3 is 9.47 Å². The minimum absolute atomic E-state index is 0.109. The van der Waals surface area contributed by atoms with Crippen LogP contribution in [0.15, 0.2) is 35.5 Å². The summed E-state index contributed by atoms with van der Waals surface area (Å²) in [6.07, 6.45) is 3.59. The Labute approximate surface area is 104 Å². The minimum atomic E-state index is -0.423. The molecule has 0 aliphatic carbocycles. The Morgan fingerprint density at radius 1 is 1.44 bits per heavy atom. The molecule has 0 amide bonds. The highest BCUT2D eigenvalue weighted by Crippen LogP contribution is 2.13. The molecule has 18 heavy (non-hydrogen) atoms. The highest BCUT2D eigenvalue weighted by molar-refractivity contribution is 5.70. The van der Waals surface area contributed by atoms with E-state index < -0.39 is 5.97 Å². The van der Waals surface area contributed by atoms with E-state index in [2.05, 4.69) is 14.8 Å². The Kier molecular flexibility index (Phi) is 5.86. The van der Waals surface area contributed by atoms with Crippen molar-refractivity contribution in [2.24, 2.45) is 5.11 Å². The summed E-state index contributed by atoms with van der Waals surface area (Å²) in [6.45, 7) is 0.208. The van der Waals surface area contributed by atoms with E-state index in [0.29, 0.717) is 12.3 Å². The Morgan fingerprint density at radius 2 is 2.17 bits per heavy atom. The third kappa shape index (κ3) is 5.05. The second-order valence-corrected chi connectivity index (χ2v) is 3.25. The van der Waals surface area contributed by atoms with Crippen LogP contribution in [0.1, 0.15) is 5.56 Å². The van der Waals surface area contributed by atoms with Gasteiger partial charge in [0, 0.05) is 11.5 Å². The number of hydrogen-bond donors (Lipinski definition) is 0. The fraction of sp³-hybridized carbons (Fsp3) is 0.250. The molecule has 0 atom stereocenters. The molecular weight excluding hydrogens is 234 g/mol. The molecule has 6 heteroatoms. The standard InChI is InChI=1S/C12H13N3O3/c1-17-12(16)9-18-11-6-4-10(5-7-11)3-2-8-14-15-13/h2-7H,8-9H2,1H3. The normalized spacial score (nSPS) is 9.83. The van der Waals surface area contributed by atoms with Crippen LogP contribution in [0.5, 0.6) is 5.75 Å². The lowest BCUT2D eigenvalue weighted by molar-refractivity contribution is -0.142. The van der Waals surface area contributed by atoms with Gasteiger partial charge in [-0.1, -0.05) is 29.4 Å². The van der Waals surface area contributed by atoms with Crippen molar-refractivity contribution in [1.29, 1.82) is 0 Å². The molecule has 1 rings (SSSR count). The first-order chi connectivity index (χ1) is 8.76. The number of nitrogens with zero attached hydrogens (tertiary/aromatic N) is 3. The van der Waals surface area contributed by atoms with Gasteiger partial charge in [-0.25, -0.2) is 4.79 Å². The van der Waals surface area contributed by atoms with Gasteiger partial charge in [0.2, 0.25) is 0 Å². The summed E-state index contributed by atoms with van der Waals surface area (Å²) in [4.78, 5) is 13.5. The van der Waals surface area contributed by atoms with Crippen molar-refractivity contribution in [3.8, 4) is 5.75 Å². The number of carbonyl (C=O) groups is 1. The van der Waals surface area contributed by atoms with Gasteiger partial charge in [-0.3, -0.25) is 0 Å². The van der Waals surface area contributed by atoms with E-state index in [9.17, 15) is 4.79 Å². The number of ether oxygens (including phenoxy) is 2. The molecule has 0 spiro atoms. The van der Waals surface area contributed by atoms with Crippen LogP contribution in [0.4, 0.5) is 0 Å². The molecule has 0 saturated heterocycles. The number of benzene rings is 1. The fourth-order valence-electron chi connectivity index (χ4n) is 1.15. The monoisotopic (exact) mass is 247 g/mol. The van der Waals surface area contributed by atoms with E-state index in [1.165, 1.54) is 7.11 Å². The van der Waals surface area contributed by atoms with Crippen LogP contribution in [0, 0.1) is 0 Å². The first kappa shape index (κ1) is 13.6. The predicted molar refractivity (Wildman–Crippen MR) is 67.0 cm³/mol. The molecule has 0 aliphatic rings. The van der Waals surface area contributed by atoms with Gasteiger partial charge >= 0.3 is 5.97 Å². The first-order valence-corrected chi connectivity index (χ1v) is 5.23. The summed E-state index contributed by atoms with van der Waals surface area (Å²) in [5, 5.41) is 3.38. The lowest BCUT2D eigenvalue weighted by Crippen LogP contribution is -2.12. The second kappa shape index (κ2) is 7.76. The summed E-state index contributed by atoms with van der Waals surface area (Å²) < 4.78 is 9.65. The maximum atomic E-state index is 10.9. The first-order valence-electron chi connectivity index (χ1n) is 5.23. The molecule has 0 unspecified atom stereocenters. The van der Waals surface area contributed by atoms with Gasteiger partial charge in [0.15, 0.2) is 6.61 Å². The van der Waals surface area contributed by atoms with Gasteiger partial charge in [0.05, 0.1) is 7.11 Å². The van der Waals surface area contributed by atoms with E-state index in [4.69, 9.17) is 10.3 Å². The van der Waals surface area contributed by atoms with Gasteiger partial charge in [-0.15, -0.1) is 0 Å². The van der Waals surface area contributed by atoms with Crippen LogP contribution in [0.25, 0.3) is 16.5 Å². The second-order valence-electron chi connectivity index (χ2n) is 3.25. The van der Waals surface area contributed by atoms with Crippen molar-refractivity contribution in [2.75, 3.05) is 20.3 Å². The van der Waals surface area contributed by atoms with Crippen molar-refractivity contribution in [2.45, 2.75) is 0 Å². The molecule has 0 aromatic heterocycles. The average molecular weight is 247 g/mol. The van der Waals surface area contributed by atoms with Crippen LogP contribution >= 0.6 is 0 Å². The molecule has 0 N–H and O–H groups in total. The van der Waals surface area contributed by atoms with Crippen LogP contribution in [-0.4, -0.2) is 26.2 Å². The van der Waals surface area contributed by atoms with E-state index in [0.717, 1.165) is 5.56 Å². The third-order valence-corrected chi connectivity index (χ3v) is 2.03. The Morgan fingerprint density at radius 3 is 2.78 bits per heavy atom. The molecule has 94 valence electrons. The maximum Gasteiger partial charge on any atom is 0.343 e. The molecule has 0 fully saturated rings. The number of hydrogen-bond acceptors (Lipinski definition) is 4. The maximum absolute atomic E-state index is 10.9. The van der Waals surface area contributed by atoms with Crippen LogP contribution in [0.2, 0.25) is 0 Å². The molecule has 0 radical (unpaired) electrons. The molecule has 6 nitrogen and oxygen atoms in total. The summed E-state index contributed by atoms with van der Waals surface area (Å²) in [5.74, 6) is 0.168. The number of carbonyl (C=O) groups excluding carboxylic acids is 1. The number of methoxy groups -OCH3 is 1. The Bertz CT molecular complexity index is 462. The quantitative estimate of drug-likeness (QED) is 0.335. The molecule has 1 aromatic rings.